The minimum Gasteiger partial charge on any atom is -0.315 e. The molecule has 1 aliphatic rings. The summed E-state index contributed by atoms with van der Waals surface area (Å²) in [6.45, 7) is 5.75. The maximum absolute atomic E-state index is 13.9. The fourth-order valence-electron chi connectivity index (χ4n) is 2.62. The zero-order valence-corrected chi connectivity index (χ0v) is 10.8. The monoisotopic (exact) mass is 254 g/mol. The molecule has 1 atom stereocenters. The van der Waals surface area contributed by atoms with Gasteiger partial charge in [0.25, 0.3) is 0 Å². The van der Waals surface area contributed by atoms with Crippen molar-refractivity contribution >= 4 is 0 Å². The molecule has 1 saturated heterocycles. The molecule has 0 aliphatic carbocycles. The molecular weight excluding hydrogens is 234 g/mol. The highest BCUT2D eigenvalue weighted by Crippen LogP contribution is 2.27. The zero-order chi connectivity index (χ0) is 13.0. The first-order chi connectivity index (χ1) is 8.72. The van der Waals surface area contributed by atoms with Crippen LogP contribution in [-0.2, 0) is 0 Å². The Hall–Kier alpha value is -1.00. The predicted molar refractivity (Wildman–Crippen MR) is 68.4 cm³/mol. The molecule has 2 nitrogen and oxygen atoms in total. The van der Waals surface area contributed by atoms with Crippen LogP contribution in [0.1, 0.15) is 31.4 Å². The van der Waals surface area contributed by atoms with Gasteiger partial charge in [0, 0.05) is 31.2 Å². The van der Waals surface area contributed by atoms with Crippen LogP contribution in [0.25, 0.3) is 0 Å². The number of hydrogen-bond donors (Lipinski definition) is 1. The molecule has 1 unspecified atom stereocenters. The molecule has 1 aromatic rings. The summed E-state index contributed by atoms with van der Waals surface area (Å²) < 4.78 is 27.1. The molecule has 2 rings (SSSR count). The van der Waals surface area contributed by atoms with Crippen molar-refractivity contribution < 1.29 is 8.78 Å². The molecule has 0 radical (unpaired) electrons. The van der Waals surface area contributed by atoms with Gasteiger partial charge >= 0.3 is 0 Å². The molecule has 1 heterocycles. The largest absolute Gasteiger partial charge is 0.315 e. The maximum atomic E-state index is 13.9. The molecule has 1 fully saturated rings. The summed E-state index contributed by atoms with van der Waals surface area (Å²) >= 11 is 0. The van der Waals surface area contributed by atoms with Crippen LogP contribution in [0.2, 0.25) is 0 Å². The fourth-order valence-corrected chi connectivity index (χ4v) is 2.62. The summed E-state index contributed by atoms with van der Waals surface area (Å²) in [6.07, 6.45) is 1.84. The Balaban J connectivity index is 2.23. The van der Waals surface area contributed by atoms with Crippen molar-refractivity contribution in [1.29, 1.82) is 0 Å². The lowest BCUT2D eigenvalue weighted by molar-refractivity contribution is 0.200. The topological polar surface area (TPSA) is 15.3 Å². The van der Waals surface area contributed by atoms with Crippen LogP contribution in [-0.4, -0.2) is 31.1 Å². The van der Waals surface area contributed by atoms with Gasteiger partial charge in [-0.05, 0) is 37.6 Å². The van der Waals surface area contributed by atoms with Crippen molar-refractivity contribution in [2.45, 2.75) is 25.8 Å². The highest BCUT2D eigenvalue weighted by Gasteiger charge is 2.22. The minimum atomic E-state index is -0.363. The molecule has 0 saturated carbocycles. The predicted octanol–water partition coefficient (Wildman–Crippen LogP) is 2.71. The van der Waals surface area contributed by atoms with Crippen LogP contribution in [0, 0.1) is 11.6 Å². The zero-order valence-electron chi connectivity index (χ0n) is 10.8. The van der Waals surface area contributed by atoms with Crippen molar-refractivity contribution in [2.75, 3.05) is 26.2 Å². The molecule has 0 spiro atoms. The number of nitrogens with one attached hydrogen (secondary N) is 1. The SMILES string of the molecule is CCC(c1cc(F)ccc1F)N1CCCNCC1. The van der Waals surface area contributed by atoms with Crippen LogP contribution >= 0.6 is 0 Å². The number of nitrogens with zero attached hydrogens (tertiary/aromatic N) is 1. The lowest BCUT2D eigenvalue weighted by Gasteiger charge is -2.30. The van der Waals surface area contributed by atoms with E-state index in [2.05, 4.69) is 10.2 Å². The van der Waals surface area contributed by atoms with Gasteiger partial charge in [-0.15, -0.1) is 0 Å². The highest BCUT2D eigenvalue weighted by molar-refractivity contribution is 5.22. The summed E-state index contributed by atoms with van der Waals surface area (Å²) in [4.78, 5) is 2.25. The van der Waals surface area contributed by atoms with Gasteiger partial charge in [0.1, 0.15) is 11.6 Å². The lowest BCUT2D eigenvalue weighted by Crippen LogP contribution is -2.32. The summed E-state index contributed by atoms with van der Waals surface area (Å²) in [5.41, 5.74) is 0.486. The van der Waals surface area contributed by atoms with Gasteiger partial charge in [0.15, 0.2) is 0 Å². The van der Waals surface area contributed by atoms with E-state index in [9.17, 15) is 8.78 Å². The molecule has 0 bridgehead atoms. The summed E-state index contributed by atoms with van der Waals surface area (Å²) in [5.74, 6) is -0.668. The van der Waals surface area contributed by atoms with E-state index in [0.717, 1.165) is 39.0 Å². The first-order valence-electron chi connectivity index (χ1n) is 6.62. The Morgan fingerprint density at radius 2 is 2.11 bits per heavy atom. The average Bonchev–Trinajstić information content (AvgIpc) is 2.64. The molecule has 18 heavy (non-hydrogen) atoms. The van der Waals surface area contributed by atoms with E-state index >= 15 is 0 Å². The van der Waals surface area contributed by atoms with Crippen molar-refractivity contribution in [3.05, 3.63) is 35.4 Å². The Morgan fingerprint density at radius 1 is 1.28 bits per heavy atom. The van der Waals surface area contributed by atoms with Crippen LogP contribution in [0.4, 0.5) is 8.78 Å². The fraction of sp³-hybridized carbons (Fsp3) is 0.571. The van der Waals surface area contributed by atoms with E-state index in [0.29, 0.717) is 5.56 Å². The number of benzene rings is 1. The molecule has 4 heteroatoms. The van der Waals surface area contributed by atoms with Gasteiger partial charge in [-0.3, -0.25) is 4.90 Å². The van der Waals surface area contributed by atoms with Crippen LogP contribution in [0.15, 0.2) is 18.2 Å². The Kier molecular flexibility index (Phi) is 4.66. The minimum absolute atomic E-state index is 0.0272. The molecule has 1 aromatic carbocycles. The molecule has 0 amide bonds. The van der Waals surface area contributed by atoms with Crippen molar-refractivity contribution in [2.24, 2.45) is 0 Å². The summed E-state index contributed by atoms with van der Waals surface area (Å²) in [6, 6.07) is 3.71. The molecule has 1 aliphatic heterocycles. The molecular formula is C14H20F2N2. The summed E-state index contributed by atoms with van der Waals surface area (Å²) in [5, 5.41) is 3.32. The third-order valence-corrected chi connectivity index (χ3v) is 3.52. The average molecular weight is 254 g/mol. The van der Waals surface area contributed by atoms with E-state index in [1.165, 1.54) is 18.2 Å². The van der Waals surface area contributed by atoms with E-state index in [4.69, 9.17) is 0 Å². The van der Waals surface area contributed by atoms with Gasteiger partial charge in [-0.1, -0.05) is 6.92 Å². The molecule has 100 valence electrons. The van der Waals surface area contributed by atoms with Gasteiger partial charge in [-0.2, -0.15) is 0 Å². The van der Waals surface area contributed by atoms with Crippen LogP contribution in [0.3, 0.4) is 0 Å². The van der Waals surface area contributed by atoms with Gasteiger partial charge in [-0.25, -0.2) is 8.78 Å². The van der Waals surface area contributed by atoms with Gasteiger partial charge in [0.05, 0.1) is 0 Å². The second-order valence-electron chi connectivity index (χ2n) is 4.73. The van der Waals surface area contributed by atoms with E-state index in [1.807, 2.05) is 6.92 Å². The molecule has 1 N–H and O–H groups in total. The number of halogens is 2. The second-order valence-corrected chi connectivity index (χ2v) is 4.73. The number of hydrogen-bond acceptors (Lipinski definition) is 2. The van der Waals surface area contributed by atoms with Crippen LogP contribution < -0.4 is 5.32 Å². The Morgan fingerprint density at radius 3 is 2.89 bits per heavy atom. The molecule has 0 aromatic heterocycles. The highest BCUT2D eigenvalue weighted by atomic mass is 19.1. The van der Waals surface area contributed by atoms with Gasteiger partial charge < -0.3 is 5.32 Å². The lowest BCUT2D eigenvalue weighted by atomic mass is 10.0. The van der Waals surface area contributed by atoms with Crippen LogP contribution in [0.5, 0.6) is 0 Å². The van der Waals surface area contributed by atoms with E-state index in [-0.39, 0.29) is 17.7 Å². The first kappa shape index (κ1) is 13.4. The third-order valence-electron chi connectivity index (χ3n) is 3.52. The van der Waals surface area contributed by atoms with Crippen molar-refractivity contribution in [1.82, 2.24) is 10.2 Å². The summed E-state index contributed by atoms with van der Waals surface area (Å²) in [7, 11) is 0. The first-order valence-corrected chi connectivity index (χ1v) is 6.62. The smallest absolute Gasteiger partial charge is 0.128 e. The van der Waals surface area contributed by atoms with Gasteiger partial charge in [0.2, 0.25) is 0 Å². The Labute approximate surface area is 107 Å². The third kappa shape index (κ3) is 3.06. The van der Waals surface area contributed by atoms with E-state index < -0.39 is 0 Å². The normalized spacial score (nSPS) is 19.5. The standard InChI is InChI=1S/C14H20F2N2/c1-2-14(18-8-3-6-17-7-9-18)12-10-11(15)4-5-13(12)16/h4-5,10,14,17H,2-3,6-9H2,1H3. The second kappa shape index (κ2) is 6.25. The number of rotatable bonds is 3. The Bertz CT molecular complexity index is 387. The van der Waals surface area contributed by atoms with Crippen molar-refractivity contribution in [3.63, 3.8) is 0 Å². The van der Waals surface area contributed by atoms with E-state index in [1.54, 1.807) is 0 Å². The van der Waals surface area contributed by atoms with Crippen molar-refractivity contribution in [3.8, 4) is 0 Å². The maximum Gasteiger partial charge on any atom is 0.128 e. The quantitative estimate of drug-likeness (QED) is 0.892.